The van der Waals surface area contributed by atoms with Crippen molar-refractivity contribution in [2.75, 3.05) is 10.7 Å². The number of thioether (sulfide) groups is 1. The van der Waals surface area contributed by atoms with E-state index in [2.05, 4.69) is 25.1 Å². The number of carbonyl (C=O) groups is 2. The second kappa shape index (κ2) is 11.9. The number of amidine groups is 1. The Balaban J connectivity index is 1.27. The molecule has 1 N–H and O–H groups in total. The van der Waals surface area contributed by atoms with Gasteiger partial charge in [-0.05, 0) is 61.7 Å². The predicted octanol–water partition coefficient (Wildman–Crippen LogP) is 6.48. The Labute approximate surface area is 249 Å². The second-order valence-electron chi connectivity index (χ2n) is 10.1. The van der Waals surface area contributed by atoms with E-state index in [1.807, 2.05) is 69.3 Å². The molecular weight excluding hydrogens is 581 g/mol. The number of halogens is 3. The first-order valence-electron chi connectivity index (χ1n) is 13.3. The van der Waals surface area contributed by atoms with Gasteiger partial charge in [0.1, 0.15) is 12.1 Å². The number of carbonyl (C=O) groups excluding carboxylic acids is 2. The van der Waals surface area contributed by atoms with Crippen LogP contribution in [0.15, 0.2) is 84.1 Å². The summed E-state index contributed by atoms with van der Waals surface area (Å²) in [4.78, 5) is 35.7. The fourth-order valence-electron chi connectivity index (χ4n) is 4.52. The van der Waals surface area contributed by atoms with Crippen molar-refractivity contribution in [2.45, 2.75) is 39.1 Å². The largest absolute Gasteiger partial charge is 0.573 e. The number of nitrogens with one attached hydrogen (secondary N) is 1. The third-order valence-corrected chi connectivity index (χ3v) is 7.61. The zero-order valence-corrected chi connectivity index (χ0v) is 24.2. The van der Waals surface area contributed by atoms with Gasteiger partial charge in [-0.3, -0.25) is 9.69 Å². The monoisotopic (exact) mass is 608 g/mol. The summed E-state index contributed by atoms with van der Waals surface area (Å²) < 4.78 is 42.6. The normalized spacial score (nSPS) is 14.8. The van der Waals surface area contributed by atoms with Crippen LogP contribution in [0.25, 0.3) is 17.1 Å². The van der Waals surface area contributed by atoms with Crippen molar-refractivity contribution in [3.05, 3.63) is 90.3 Å². The number of amides is 3. The molecule has 3 amide bonds. The molecule has 0 aliphatic carbocycles. The maximum atomic E-state index is 13.0. The van der Waals surface area contributed by atoms with Crippen LogP contribution in [0, 0.1) is 0 Å². The molecule has 0 spiro atoms. The molecule has 0 atom stereocenters. The van der Waals surface area contributed by atoms with E-state index in [-0.39, 0.29) is 17.4 Å². The van der Waals surface area contributed by atoms with Crippen molar-refractivity contribution in [1.29, 1.82) is 0 Å². The highest BCUT2D eigenvalue weighted by atomic mass is 32.2. The van der Waals surface area contributed by atoms with Crippen molar-refractivity contribution < 1.29 is 27.5 Å². The van der Waals surface area contributed by atoms with Gasteiger partial charge in [-0.2, -0.15) is 4.99 Å². The highest BCUT2D eigenvalue weighted by Gasteiger charge is 2.33. The summed E-state index contributed by atoms with van der Waals surface area (Å²) in [6.07, 6.45) is -2.58. The predicted molar refractivity (Wildman–Crippen MR) is 158 cm³/mol. The summed E-state index contributed by atoms with van der Waals surface area (Å²) in [5, 5.41) is 7.68. The Morgan fingerprint density at radius 2 is 1.74 bits per heavy atom. The molecule has 1 saturated heterocycles. The molecule has 0 saturated carbocycles. The van der Waals surface area contributed by atoms with E-state index in [0.29, 0.717) is 22.2 Å². The Morgan fingerprint density at radius 1 is 1.05 bits per heavy atom. The van der Waals surface area contributed by atoms with Gasteiger partial charge >= 0.3 is 12.4 Å². The topological polar surface area (TPSA) is 102 Å². The third kappa shape index (κ3) is 6.88. The lowest BCUT2D eigenvalue weighted by Crippen LogP contribution is -2.40. The zero-order chi connectivity index (χ0) is 30.8. The van der Waals surface area contributed by atoms with Gasteiger partial charge in [-0.15, -0.1) is 18.3 Å². The van der Waals surface area contributed by atoms with E-state index < -0.39 is 17.9 Å². The van der Waals surface area contributed by atoms with Gasteiger partial charge in [0.25, 0.3) is 0 Å². The van der Waals surface area contributed by atoms with E-state index in [1.165, 1.54) is 51.9 Å². The number of benzene rings is 3. The van der Waals surface area contributed by atoms with Gasteiger partial charge in [-0.1, -0.05) is 61.2 Å². The molecule has 43 heavy (non-hydrogen) atoms. The van der Waals surface area contributed by atoms with Crippen LogP contribution >= 0.6 is 11.8 Å². The molecule has 0 radical (unpaired) electrons. The first kappa shape index (κ1) is 29.8. The fraction of sp³-hybridized carbons (Fsp3) is 0.233. The number of rotatable bonds is 7. The first-order chi connectivity index (χ1) is 20.4. The summed E-state index contributed by atoms with van der Waals surface area (Å²) in [6, 6.07) is 19.6. The fourth-order valence-corrected chi connectivity index (χ4v) is 5.38. The molecule has 5 rings (SSSR count). The molecule has 1 aliphatic heterocycles. The smallest absolute Gasteiger partial charge is 0.406 e. The number of para-hydroxylation sites is 1. The number of anilines is 1. The molecule has 1 fully saturated rings. The van der Waals surface area contributed by atoms with Crippen LogP contribution in [0.4, 0.5) is 23.7 Å². The third-order valence-electron chi connectivity index (χ3n) is 6.69. The van der Waals surface area contributed by atoms with Crippen LogP contribution in [0.1, 0.15) is 31.9 Å². The summed E-state index contributed by atoms with van der Waals surface area (Å²) in [7, 11) is 0. The number of alkyl halides is 3. The zero-order valence-electron chi connectivity index (χ0n) is 23.4. The van der Waals surface area contributed by atoms with Crippen LogP contribution in [0.2, 0.25) is 0 Å². The molecule has 9 nitrogen and oxygen atoms in total. The van der Waals surface area contributed by atoms with E-state index in [1.54, 1.807) is 0 Å². The van der Waals surface area contributed by atoms with Crippen LogP contribution in [-0.2, 0) is 16.8 Å². The molecule has 0 unspecified atom stereocenters. The summed E-state index contributed by atoms with van der Waals surface area (Å²) in [5.74, 6) is 0.154. The van der Waals surface area contributed by atoms with Crippen LogP contribution in [0.3, 0.4) is 0 Å². The van der Waals surface area contributed by atoms with Gasteiger partial charge in [0.15, 0.2) is 11.0 Å². The van der Waals surface area contributed by atoms with E-state index >= 15 is 0 Å². The van der Waals surface area contributed by atoms with E-state index in [9.17, 15) is 22.8 Å². The number of aliphatic imine (C=N–C) groups is 1. The number of hydrogen-bond acceptors (Lipinski definition) is 6. The highest BCUT2D eigenvalue weighted by Crippen LogP contribution is 2.31. The summed E-state index contributed by atoms with van der Waals surface area (Å²) >= 11 is 1.22. The Hall–Kier alpha value is -4.65. The summed E-state index contributed by atoms with van der Waals surface area (Å²) in [5.41, 5.74) is 2.92. The molecule has 1 aliphatic rings. The Morgan fingerprint density at radius 3 is 2.42 bits per heavy atom. The number of hydrogen-bond donors (Lipinski definition) is 1. The number of ether oxygens (including phenoxy) is 1. The highest BCUT2D eigenvalue weighted by molar-refractivity contribution is 8.15. The minimum atomic E-state index is -4.77. The molecule has 0 bridgehead atoms. The lowest BCUT2D eigenvalue weighted by molar-refractivity contribution is -0.274. The molecule has 222 valence electrons. The van der Waals surface area contributed by atoms with E-state index in [4.69, 9.17) is 0 Å². The van der Waals surface area contributed by atoms with Crippen molar-refractivity contribution in [1.82, 2.24) is 20.1 Å². The lowest BCUT2D eigenvalue weighted by Gasteiger charge is -2.26. The van der Waals surface area contributed by atoms with Gasteiger partial charge in [0.2, 0.25) is 5.91 Å². The van der Waals surface area contributed by atoms with Crippen molar-refractivity contribution in [2.24, 2.45) is 4.99 Å². The number of urea groups is 1. The van der Waals surface area contributed by atoms with Gasteiger partial charge < -0.3 is 10.1 Å². The first-order valence-corrected chi connectivity index (χ1v) is 14.3. The Kier molecular flexibility index (Phi) is 8.27. The minimum Gasteiger partial charge on any atom is -0.406 e. The minimum absolute atomic E-state index is 0.129. The molecule has 4 aromatic rings. The maximum Gasteiger partial charge on any atom is 0.573 e. The van der Waals surface area contributed by atoms with Crippen LogP contribution < -0.4 is 15.0 Å². The molecule has 1 aromatic heterocycles. The van der Waals surface area contributed by atoms with Gasteiger partial charge in [-0.25, -0.2) is 14.5 Å². The molecule has 2 heterocycles. The average Bonchev–Trinajstić information content (AvgIpc) is 3.59. The van der Waals surface area contributed by atoms with E-state index in [0.717, 1.165) is 23.2 Å². The average molecular weight is 609 g/mol. The van der Waals surface area contributed by atoms with Crippen molar-refractivity contribution in [3.8, 4) is 22.8 Å². The Bertz CT molecular complexity index is 1670. The molecule has 3 aromatic carbocycles. The van der Waals surface area contributed by atoms with Crippen LogP contribution in [0.5, 0.6) is 5.75 Å². The maximum absolute atomic E-state index is 13.0. The lowest BCUT2D eigenvalue weighted by atomic mass is 9.93. The standard InChI is InChI=1S/C30H27F3N6O3S/c1-4-19-7-5-6-8-24(19)39-25(40)17-43-28(39)35-27(41)36-29(2,3)21-11-9-20(10-12-21)26-34-18-38(37-26)22-13-15-23(16-14-22)42-30(31,32)33/h5-16,18H,4,17H2,1-3H3,(H,36,41). The number of nitrogens with zero attached hydrogens (tertiary/aromatic N) is 5. The quantitative estimate of drug-likeness (QED) is 0.258. The van der Waals surface area contributed by atoms with Crippen LogP contribution in [-0.4, -0.2) is 44.0 Å². The molecular formula is C30H27F3N6O3S. The summed E-state index contributed by atoms with van der Waals surface area (Å²) in [6.45, 7) is 5.69. The van der Waals surface area contributed by atoms with Gasteiger partial charge in [0, 0.05) is 5.56 Å². The number of aryl methyl sites for hydroxylation is 1. The van der Waals surface area contributed by atoms with Gasteiger partial charge in [0.05, 0.1) is 22.7 Å². The van der Waals surface area contributed by atoms with Crippen molar-refractivity contribution >= 4 is 34.6 Å². The second-order valence-corrected chi connectivity index (χ2v) is 11.0. The molecule has 13 heteroatoms. The van der Waals surface area contributed by atoms with Crippen molar-refractivity contribution in [3.63, 3.8) is 0 Å². The SMILES string of the molecule is CCc1ccccc1N1C(=O)CSC1=NC(=O)NC(C)(C)c1ccc(-c2ncn(-c3ccc(OC(F)(F)F)cc3)n2)cc1. The number of aromatic nitrogens is 3.